The number of amides is 2. The van der Waals surface area contributed by atoms with Crippen LogP contribution in [0.3, 0.4) is 0 Å². The molecule has 1 aromatic carbocycles. The van der Waals surface area contributed by atoms with Crippen LogP contribution in [0.25, 0.3) is 0 Å². The maximum Gasteiger partial charge on any atom is 0.257 e. The largest absolute Gasteiger partial charge is 0.354 e. The molecule has 0 saturated carbocycles. The van der Waals surface area contributed by atoms with E-state index in [4.69, 9.17) is 5.73 Å². The zero-order valence-corrected chi connectivity index (χ0v) is 12.9. The van der Waals surface area contributed by atoms with Crippen molar-refractivity contribution in [2.75, 3.05) is 19.6 Å². The molecule has 0 radical (unpaired) electrons. The summed E-state index contributed by atoms with van der Waals surface area (Å²) in [7, 11) is 0. The topological polar surface area (TPSA) is 75.4 Å². The van der Waals surface area contributed by atoms with E-state index in [-0.39, 0.29) is 30.5 Å². The van der Waals surface area contributed by atoms with E-state index in [2.05, 4.69) is 5.32 Å². The summed E-state index contributed by atoms with van der Waals surface area (Å²) in [6.07, 6.45) is 2.66. The van der Waals surface area contributed by atoms with Crippen molar-refractivity contribution in [2.45, 2.75) is 31.7 Å². The van der Waals surface area contributed by atoms with Crippen LogP contribution >= 0.6 is 0 Å². The van der Waals surface area contributed by atoms with Crippen molar-refractivity contribution in [3.05, 3.63) is 35.4 Å². The third-order valence-electron chi connectivity index (χ3n) is 3.95. The Hall–Kier alpha value is -2.02. The lowest BCUT2D eigenvalue weighted by Crippen LogP contribution is -2.49. The summed E-state index contributed by atoms with van der Waals surface area (Å²) in [5, 5.41) is 2.73. The molecule has 2 amide bonds. The molecule has 0 aliphatic carbocycles. The standard InChI is InChI=1S/C16H21F2N3O2/c17-11-4-5-14(18)13(9-11)16(23)21-8-2-1-3-12(21)10-20-15(22)6-7-19/h4-5,9,12H,1-3,6-8,10,19H2,(H,20,22). The molecule has 0 bridgehead atoms. The first-order valence-electron chi connectivity index (χ1n) is 7.75. The summed E-state index contributed by atoms with van der Waals surface area (Å²) in [5.74, 6) is -2.12. The third-order valence-corrected chi connectivity index (χ3v) is 3.95. The monoisotopic (exact) mass is 325 g/mol. The molecule has 1 saturated heterocycles. The van der Waals surface area contributed by atoms with E-state index in [0.717, 1.165) is 31.0 Å². The second kappa shape index (κ2) is 8.01. The van der Waals surface area contributed by atoms with Crippen LogP contribution in [0.2, 0.25) is 0 Å². The first-order chi connectivity index (χ1) is 11.0. The number of benzene rings is 1. The number of likely N-dealkylation sites (tertiary alicyclic amines) is 1. The molecule has 23 heavy (non-hydrogen) atoms. The molecule has 1 aromatic rings. The minimum absolute atomic E-state index is 0.178. The van der Waals surface area contributed by atoms with Crippen molar-refractivity contribution in [3.8, 4) is 0 Å². The molecular formula is C16H21F2N3O2. The van der Waals surface area contributed by atoms with Crippen LogP contribution < -0.4 is 11.1 Å². The van der Waals surface area contributed by atoms with Crippen LogP contribution in [-0.2, 0) is 4.79 Å². The highest BCUT2D eigenvalue weighted by Gasteiger charge is 2.29. The number of rotatable bonds is 5. The highest BCUT2D eigenvalue weighted by Crippen LogP contribution is 2.21. The van der Waals surface area contributed by atoms with E-state index < -0.39 is 17.5 Å². The predicted molar refractivity (Wildman–Crippen MR) is 81.7 cm³/mol. The molecule has 5 nitrogen and oxygen atoms in total. The first-order valence-corrected chi connectivity index (χ1v) is 7.75. The number of hydrogen-bond acceptors (Lipinski definition) is 3. The van der Waals surface area contributed by atoms with E-state index in [9.17, 15) is 18.4 Å². The fraction of sp³-hybridized carbons (Fsp3) is 0.500. The van der Waals surface area contributed by atoms with Crippen LogP contribution in [0.15, 0.2) is 18.2 Å². The quantitative estimate of drug-likeness (QED) is 0.860. The smallest absolute Gasteiger partial charge is 0.257 e. The molecule has 126 valence electrons. The van der Waals surface area contributed by atoms with E-state index in [1.807, 2.05) is 0 Å². The molecule has 0 aromatic heterocycles. The van der Waals surface area contributed by atoms with Gasteiger partial charge in [0.1, 0.15) is 11.6 Å². The van der Waals surface area contributed by atoms with Crippen molar-refractivity contribution in [3.63, 3.8) is 0 Å². The van der Waals surface area contributed by atoms with Crippen LogP contribution in [0.4, 0.5) is 8.78 Å². The Morgan fingerprint density at radius 1 is 1.30 bits per heavy atom. The lowest BCUT2D eigenvalue weighted by Gasteiger charge is -2.36. The summed E-state index contributed by atoms with van der Waals surface area (Å²) in [4.78, 5) is 25.6. The SMILES string of the molecule is NCCC(=O)NCC1CCCCN1C(=O)c1cc(F)ccc1F. The van der Waals surface area contributed by atoms with Crippen LogP contribution in [-0.4, -0.2) is 42.4 Å². The Bertz CT molecular complexity index is 580. The van der Waals surface area contributed by atoms with Gasteiger partial charge in [0.25, 0.3) is 5.91 Å². The molecule has 1 aliphatic rings. The lowest BCUT2D eigenvalue weighted by molar-refractivity contribution is -0.121. The highest BCUT2D eigenvalue weighted by molar-refractivity contribution is 5.94. The summed E-state index contributed by atoms with van der Waals surface area (Å²) < 4.78 is 27.1. The van der Waals surface area contributed by atoms with Crippen molar-refractivity contribution in [1.29, 1.82) is 0 Å². The second-order valence-corrected chi connectivity index (χ2v) is 5.62. The van der Waals surface area contributed by atoms with Crippen molar-refractivity contribution >= 4 is 11.8 Å². The number of hydrogen-bond donors (Lipinski definition) is 2. The number of nitrogens with zero attached hydrogens (tertiary/aromatic N) is 1. The van der Waals surface area contributed by atoms with E-state index in [1.165, 1.54) is 4.90 Å². The summed E-state index contributed by atoms with van der Waals surface area (Å²) in [6.45, 7) is 1.02. The van der Waals surface area contributed by atoms with E-state index in [0.29, 0.717) is 19.5 Å². The molecule has 3 N–H and O–H groups in total. The van der Waals surface area contributed by atoms with Crippen LogP contribution in [0, 0.1) is 11.6 Å². The zero-order valence-electron chi connectivity index (χ0n) is 12.9. The summed E-state index contributed by atoms with van der Waals surface area (Å²) >= 11 is 0. The van der Waals surface area contributed by atoms with Gasteiger partial charge in [-0.2, -0.15) is 0 Å². The van der Waals surface area contributed by atoms with Gasteiger partial charge in [0.15, 0.2) is 0 Å². The van der Waals surface area contributed by atoms with Gasteiger partial charge in [-0.1, -0.05) is 0 Å². The van der Waals surface area contributed by atoms with Gasteiger partial charge in [0, 0.05) is 32.1 Å². The molecule has 1 heterocycles. The van der Waals surface area contributed by atoms with Gasteiger partial charge in [-0.15, -0.1) is 0 Å². The first kappa shape index (κ1) is 17.3. The van der Waals surface area contributed by atoms with Gasteiger partial charge in [-0.3, -0.25) is 9.59 Å². The molecule has 0 spiro atoms. The molecule has 1 aliphatic heterocycles. The van der Waals surface area contributed by atoms with Gasteiger partial charge in [0.05, 0.1) is 5.56 Å². The molecule has 1 atom stereocenters. The second-order valence-electron chi connectivity index (χ2n) is 5.62. The van der Waals surface area contributed by atoms with E-state index in [1.54, 1.807) is 0 Å². The van der Waals surface area contributed by atoms with Gasteiger partial charge in [-0.25, -0.2) is 8.78 Å². The molecule has 1 unspecified atom stereocenters. The maximum atomic E-state index is 13.8. The number of nitrogens with two attached hydrogens (primary N) is 1. The van der Waals surface area contributed by atoms with Gasteiger partial charge < -0.3 is 16.0 Å². The lowest BCUT2D eigenvalue weighted by atomic mass is 10.0. The Balaban J connectivity index is 2.09. The Morgan fingerprint density at radius 3 is 2.83 bits per heavy atom. The number of carbonyl (C=O) groups excluding carboxylic acids is 2. The van der Waals surface area contributed by atoms with Gasteiger partial charge in [-0.05, 0) is 37.5 Å². The molecule has 1 fully saturated rings. The van der Waals surface area contributed by atoms with Gasteiger partial charge in [0.2, 0.25) is 5.91 Å². The summed E-state index contributed by atoms with van der Waals surface area (Å²) in [6, 6.07) is 2.62. The number of nitrogens with one attached hydrogen (secondary N) is 1. The fourth-order valence-electron chi connectivity index (χ4n) is 2.75. The Labute approximate surface area is 133 Å². The minimum atomic E-state index is -0.743. The van der Waals surface area contributed by atoms with E-state index >= 15 is 0 Å². The highest BCUT2D eigenvalue weighted by atomic mass is 19.1. The maximum absolute atomic E-state index is 13.8. The zero-order chi connectivity index (χ0) is 16.8. The average molecular weight is 325 g/mol. The van der Waals surface area contributed by atoms with Crippen LogP contribution in [0.1, 0.15) is 36.0 Å². The minimum Gasteiger partial charge on any atom is -0.354 e. The molecule has 2 rings (SSSR count). The number of halogens is 2. The average Bonchev–Trinajstić information content (AvgIpc) is 2.55. The number of carbonyl (C=O) groups is 2. The van der Waals surface area contributed by atoms with Crippen molar-refractivity contribution < 1.29 is 18.4 Å². The fourth-order valence-corrected chi connectivity index (χ4v) is 2.75. The normalized spacial score (nSPS) is 17.9. The van der Waals surface area contributed by atoms with Gasteiger partial charge >= 0.3 is 0 Å². The molecule has 7 heteroatoms. The Kier molecular flexibility index (Phi) is 6.04. The summed E-state index contributed by atoms with van der Waals surface area (Å²) in [5.41, 5.74) is 5.04. The Morgan fingerprint density at radius 2 is 2.09 bits per heavy atom. The molecular weight excluding hydrogens is 304 g/mol. The third kappa shape index (κ3) is 4.48. The number of piperidine rings is 1. The van der Waals surface area contributed by atoms with Crippen molar-refractivity contribution in [2.24, 2.45) is 5.73 Å². The predicted octanol–water partition coefficient (Wildman–Crippen LogP) is 1.42. The van der Waals surface area contributed by atoms with Crippen LogP contribution in [0.5, 0.6) is 0 Å². The van der Waals surface area contributed by atoms with Crippen molar-refractivity contribution in [1.82, 2.24) is 10.2 Å².